The van der Waals surface area contributed by atoms with Crippen LogP contribution in [0.2, 0.25) is 0 Å². The molecule has 0 aliphatic rings. The maximum Gasteiger partial charge on any atom is 0.329 e. The van der Waals surface area contributed by atoms with Crippen molar-refractivity contribution in [3.63, 3.8) is 0 Å². The van der Waals surface area contributed by atoms with Gasteiger partial charge in [0.2, 0.25) is 5.91 Å². The molecule has 0 spiro atoms. The number of benzene rings is 1. The van der Waals surface area contributed by atoms with Gasteiger partial charge in [-0.15, -0.1) is 0 Å². The first-order valence-electron chi connectivity index (χ1n) is 6.27. The van der Waals surface area contributed by atoms with Gasteiger partial charge >= 0.3 is 5.97 Å². The molecule has 0 fully saturated rings. The van der Waals surface area contributed by atoms with Crippen LogP contribution in [0.15, 0.2) is 24.3 Å². The Balaban J connectivity index is 2.59. The third-order valence-electron chi connectivity index (χ3n) is 2.86. The number of rotatable bonds is 6. The van der Waals surface area contributed by atoms with Crippen LogP contribution in [0.3, 0.4) is 0 Å². The van der Waals surface area contributed by atoms with E-state index in [0.717, 1.165) is 5.56 Å². The van der Waals surface area contributed by atoms with Crippen molar-refractivity contribution >= 4 is 11.9 Å². The second kappa shape index (κ2) is 7.59. The zero-order valence-corrected chi connectivity index (χ0v) is 11.8. The van der Waals surface area contributed by atoms with Crippen molar-refractivity contribution in [1.29, 1.82) is 0 Å². The maximum atomic E-state index is 12.8. The van der Waals surface area contributed by atoms with E-state index >= 15 is 0 Å². The van der Waals surface area contributed by atoms with Crippen molar-refractivity contribution in [3.8, 4) is 0 Å². The molecule has 0 saturated heterocycles. The topological polar surface area (TPSA) is 67.4 Å². The van der Waals surface area contributed by atoms with Crippen LogP contribution in [0.25, 0.3) is 0 Å². The predicted octanol–water partition coefficient (Wildman–Crippen LogP) is 1.15. The van der Waals surface area contributed by atoms with Gasteiger partial charge in [0.25, 0.3) is 0 Å². The largest absolute Gasteiger partial charge is 0.467 e. The predicted molar refractivity (Wildman–Crippen MR) is 72.4 cm³/mol. The van der Waals surface area contributed by atoms with Crippen LogP contribution >= 0.6 is 0 Å². The zero-order chi connectivity index (χ0) is 15.1. The van der Waals surface area contributed by atoms with E-state index in [4.69, 9.17) is 0 Å². The van der Waals surface area contributed by atoms with Gasteiger partial charge in [0.15, 0.2) is 0 Å². The van der Waals surface area contributed by atoms with Gasteiger partial charge < -0.3 is 15.4 Å². The smallest absolute Gasteiger partial charge is 0.329 e. The summed E-state index contributed by atoms with van der Waals surface area (Å²) >= 11 is 0. The summed E-state index contributed by atoms with van der Waals surface area (Å²) in [5.41, 5.74) is 0.887. The first kappa shape index (κ1) is 16.1. The average Bonchev–Trinajstić information content (AvgIpc) is 2.42. The lowest BCUT2D eigenvalue weighted by atomic mass is 10.1. The number of carbonyl (C=O) groups excluding carboxylic acids is 2. The highest BCUT2D eigenvalue weighted by atomic mass is 19.1. The molecule has 0 radical (unpaired) electrons. The lowest BCUT2D eigenvalue weighted by Gasteiger charge is -2.20. The van der Waals surface area contributed by atoms with Crippen molar-refractivity contribution < 1.29 is 18.7 Å². The van der Waals surface area contributed by atoms with Crippen LogP contribution < -0.4 is 10.6 Å². The molecule has 2 N–H and O–H groups in total. The highest BCUT2D eigenvalue weighted by molar-refractivity contribution is 5.83. The minimum absolute atomic E-state index is 0.0866. The molecule has 1 amide bonds. The summed E-state index contributed by atoms with van der Waals surface area (Å²) in [4.78, 5) is 22.6. The van der Waals surface area contributed by atoms with Crippen LogP contribution in [-0.2, 0) is 14.3 Å². The minimum atomic E-state index is -0.750. The van der Waals surface area contributed by atoms with Crippen LogP contribution in [0.4, 0.5) is 4.39 Å². The molecule has 1 aromatic carbocycles. The normalized spacial score (nSPS) is 13.4. The van der Waals surface area contributed by atoms with E-state index in [0.29, 0.717) is 0 Å². The van der Waals surface area contributed by atoms with Crippen molar-refractivity contribution in [1.82, 2.24) is 10.6 Å². The molecule has 0 saturated carbocycles. The van der Waals surface area contributed by atoms with E-state index < -0.39 is 12.0 Å². The Morgan fingerprint density at radius 1 is 1.30 bits per heavy atom. The quantitative estimate of drug-likeness (QED) is 0.768. The van der Waals surface area contributed by atoms with Crippen molar-refractivity contribution in [2.45, 2.75) is 25.9 Å². The average molecular weight is 282 g/mol. The Morgan fingerprint density at radius 3 is 2.40 bits per heavy atom. The van der Waals surface area contributed by atoms with E-state index in [-0.39, 0.29) is 24.3 Å². The molecule has 0 bridgehead atoms. The fraction of sp³-hybridized carbons (Fsp3) is 0.429. The van der Waals surface area contributed by atoms with E-state index in [2.05, 4.69) is 15.4 Å². The molecule has 20 heavy (non-hydrogen) atoms. The lowest BCUT2D eigenvalue weighted by molar-refractivity contribution is -0.144. The number of ether oxygens (including phenoxy) is 1. The third kappa shape index (κ3) is 4.97. The van der Waals surface area contributed by atoms with Crippen LogP contribution in [0.1, 0.15) is 25.5 Å². The molecule has 110 valence electrons. The fourth-order valence-corrected chi connectivity index (χ4v) is 1.74. The molecule has 0 aliphatic carbocycles. The number of hydrogen-bond donors (Lipinski definition) is 2. The number of esters is 1. The number of hydrogen-bond acceptors (Lipinski definition) is 4. The fourth-order valence-electron chi connectivity index (χ4n) is 1.74. The summed E-state index contributed by atoms with van der Waals surface area (Å²) in [5.74, 6) is -1.12. The lowest BCUT2D eigenvalue weighted by Crippen LogP contribution is -2.47. The first-order valence-corrected chi connectivity index (χ1v) is 6.27. The van der Waals surface area contributed by atoms with Gasteiger partial charge in [0, 0.05) is 19.5 Å². The Hall–Kier alpha value is -1.95. The molecule has 6 heteroatoms. The highest BCUT2D eigenvalue weighted by Crippen LogP contribution is 2.12. The summed E-state index contributed by atoms with van der Waals surface area (Å²) in [7, 11) is 1.26. The van der Waals surface area contributed by atoms with Gasteiger partial charge in [-0.1, -0.05) is 12.1 Å². The Bertz CT molecular complexity index is 462. The standard InChI is InChI=1S/C14H19FN2O3/c1-9(11-4-6-12(15)7-5-11)16-8-13(14(19)20-3)17-10(2)18/h4-7,9,13,16H,8H2,1-3H3,(H,17,18). The summed E-state index contributed by atoms with van der Waals surface area (Å²) in [6, 6.07) is 5.24. The van der Waals surface area contributed by atoms with Crippen molar-refractivity contribution in [3.05, 3.63) is 35.6 Å². The number of carbonyl (C=O) groups is 2. The van der Waals surface area contributed by atoms with Crippen LogP contribution in [-0.4, -0.2) is 31.6 Å². The van der Waals surface area contributed by atoms with E-state index in [1.165, 1.54) is 26.2 Å². The summed E-state index contributed by atoms with van der Waals surface area (Å²) < 4.78 is 17.5. The second-order valence-corrected chi connectivity index (χ2v) is 4.46. The molecule has 2 unspecified atom stereocenters. The second-order valence-electron chi connectivity index (χ2n) is 4.46. The molecule has 0 heterocycles. The van der Waals surface area contributed by atoms with E-state index in [1.54, 1.807) is 12.1 Å². The number of halogens is 1. The Morgan fingerprint density at radius 2 is 1.90 bits per heavy atom. The monoisotopic (exact) mass is 282 g/mol. The van der Waals surface area contributed by atoms with Crippen LogP contribution in [0.5, 0.6) is 0 Å². The molecule has 1 aromatic rings. The molecule has 2 atom stereocenters. The number of methoxy groups -OCH3 is 1. The van der Waals surface area contributed by atoms with Crippen molar-refractivity contribution in [2.24, 2.45) is 0 Å². The molecule has 0 aromatic heterocycles. The van der Waals surface area contributed by atoms with E-state index in [9.17, 15) is 14.0 Å². The Kier molecular flexibility index (Phi) is 6.11. The summed E-state index contributed by atoms with van der Waals surface area (Å²) in [6.45, 7) is 3.44. The minimum Gasteiger partial charge on any atom is -0.467 e. The molecule has 1 rings (SSSR count). The van der Waals surface area contributed by atoms with E-state index in [1.807, 2.05) is 6.92 Å². The maximum absolute atomic E-state index is 12.8. The van der Waals surface area contributed by atoms with Gasteiger partial charge in [0.1, 0.15) is 11.9 Å². The molecule has 0 aliphatic heterocycles. The zero-order valence-electron chi connectivity index (χ0n) is 11.8. The molecular weight excluding hydrogens is 263 g/mol. The summed E-state index contributed by atoms with van der Waals surface area (Å²) in [6.07, 6.45) is 0. The first-order chi connectivity index (χ1) is 9.43. The van der Waals surface area contributed by atoms with Gasteiger partial charge in [0.05, 0.1) is 7.11 Å². The Labute approximate surface area is 117 Å². The molecular formula is C14H19FN2O3. The number of nitrogens with one attached hydrogen (secondary N) is 2. The third-order valence-corrected chi connectivity index (χ3v) is 2.86. The van der Waals surface area contributed by atoms with Gasteiger partial charge in [-0.3, -0.25) is 4.79 Å². The molecule has 5 nitrogen and oxygen atoms in total. The van der Waals surface area contributed by atoms with Gasteiger partial charge in [-0.25, -0.2) is 9.18 Å². The van der Waals surface area contributed by atoms with Gasteiger partial charge in [-0.05, 0) is 24.6 Å². The highest BCUT2D eigenvalue weighted by Gasteiger charge is 2.20. The van der Waals surface area contributed by atoms with Crippen LogP contribution in [0, 0.1) is 5.82 Å². The van der Waals surface area contributed by atoms with Gasteiger partial charge in [-0.2, -0.15) is 0 Å². The van der Waals surface area contributed by atoms with Crippen molar-refractivity contribution in [2.75, 3.05) is 13.7 Å². The SMILES string of the molecule is COC(=O)C(CNC(C)c1ccc(F)cc1)NC(C)=O. The number of amides is 1. The summed E-state index contributed by atoms with van der Waals surface area (Å²) in [5, 5.41) is 5.61.